The summed E-state index contributed by atoms with van der Waals surface area (Å²) in [5, 5.41) is 10.8. The fourth-order valence-electron chi connectivity index (χ4n) is 4.53. The maximum absolute atomic E-state index is 13.0. The number of benzene rings is 2. The quantitative estimate of drug-likeness (QED) is 0.656. The molecule has 0 radical (unpaired) electrons. The smallest absolute Gasteiger partial charge is 0.226 e. The van der Waals surface area contributed by atoms with Crippen LogP contribution in [0.4, 0.5) is 0 Å². The van der Waals surface area contributed by atoms with Crippen molar-refractivity contribution in [2.45, 2.75) is 57.3 Å². The van der Waals surface area contributed by atoms with E-state index in [0.717, 1.165) is 49.8 Å². The molecule has 30 heavy (non-hydrogen) atoms. The van der Waals surface area contributed by atoms with Gasteiger partial charge in [0.2, 0.25) is 5.91 Å². The molecular weight excluding hydrogens is 421 g/mol. The molecule has 4 rings (SSSR count). The largest absolute Gasteiger partial charge is 0.489 e. The predicted octanol–water partition coefficient (Wildman–Crippen LogP) is 5.27. The van der Waals surface area contributed by atoms with Crippen LogP contribution in [-0.4, -0.2) is 34.6 Å². The first-order chi connectivity index (χ1) is 14.5. The number of likely N-dealkylation sites (tertiary alicyclic amines) is 1. The fourth-order valence-corrected chi connectivity index (χ4v) is 5.15. The number of carbonyl (C=O) groups is 1. The predicted molar refractivity (Wildman–Crippen MR) is 119 cm³/mol. The Morgan fingerprint density at radius 1 is 1.00 bits per heavy atom. The van der Waals surface area contributed by atoms with Gasteiger partial charge in [-0.25, -0.2) is 0 Å². The van der Waals surface area contributed by atoms with Gasteiger partial charge in [-0.05, 0) is 61.8 Å². The maximum atomic E-state index is 13.0. The Hall–Kier alpha value is -1.75. The van der Waals surface area contributed by atoms with Gasteiger partial charge in [-0.3, -0.25) is 4.79 Å². The third-order valence-electron chi connectivity index (χ3n) is 6.27. The Morgan fingerprint density at radius 2 is 1.67 bits per heavy atom. The summed E-state index contributed by atoms with van der Waals surface area (Å²) >= 11 is 13.1. The van der Waals surface area contributed by atoms with Crippen LogP contribution in [0.5, 0.6) is 5.75 Å². The van der Waals surface area contributed by atoms with Crippen molar-refractivity contribution in [3.63, 3.8) is 0 Å². The molecule has 2 aromatic carbocycles. The fraction of sp³-hybridized carbons (Fsp3) is 0.458. The van der Waals surface area contributed by atoms with Gasteiger partial charge in [-0.15, -0.1) is 0 Å². The molecule has 4 nitrogen and oxygen atoms in total. The molecular formula is C24H27Cl2NO3. The van der Waals surface area contributed by atoms with Crippen molar-refractivity contribution in [2.75, 3.05) is 6.54 Å². The average Bonchev–Trinajstić information content (AvgIpc) is 3.11. The standard InChI is InChI=1S/C24H27Cl2NO3/c25-22-13-20(30-15-16-4-2-1-3-5-16)14-23(26)21(22)12-17-10-11-27(24(17)29)18-6-8-19(28)9-7-18/h1-5,13-14,17-19,28H,6-12,15H2. The molecule has 1 amide bonds. The number of aliphatic hydroxyl groups is 1. The number of ether oxygens (including phenoxy) is 1. The van der Waals surface area contributed by atoms with Gasteiger partial charge in [0, 0.05) is 28.5 Å². The Balaban J connectivity index is 1.39. The second-order valence-corrected chi connectivity index (χ2v) is 9.14. The minimum atomic E-state index is -0.213. The summed E-state index contributed by atoms with van der Waals surface area (Å²) in [7, 11) is 0. The van der Waals surface area contributed by atoms with Crippen molar-refractivity contribution in [2.24, 2.45) is 5.92 Å². The molecule has 1 aliphatic heterocycles. The molecule has 1 aliphatic carbocycles. The minimum absolute atomic E-state index is 0.0945. The molecule has 1 unspecified atom stereocenters. The summed E-state index contributed by atoms with van der Waals surface area (Å²) in [6, 6.07) is 13.7. The van der Waals surface area contributed by atoms with Gasteiger partial charge in [0.1, 0.15) is 12.4 Å². The van der Waals surface area contributed by atoms with E-state index in [1.165, 1.54) is 0 Å². The molecule has 1 saturated carbocycles. The lowest BCUT2D eigenvalue weighted by molar-refractivity contribution is -0.133. The number of carbonyl (C=O) groups excluding carboxylic acids is 1. The maximum Gasteiger partial charge on any atom is 0.226 e. The zero-order chi connectivity index (χ0) is 21.1. The van der Waals surface area contributed by atoms with Crippen molar-refractivity contribution >= 4 is 29.1 Å². The molecule has 6 heteroatoms. The number of hydrogen-bond acceptors (Lipinski definition) is 3. The molecule has 1 atom stereocenters. The third-order valence-corrected chi connectivity index (χ3v) is 6.95. The first kappa shape index (κ1) is 21.5. The van der Waals surface area contributed by atoms with Gasteiger partial charge >= 0.3 is 0 Å². The Labute approximate surface area is 187 Å². The van der Waals surface area contributed by atoms with Crippen LogP contribution in [0.3, 0.4) is 0 Å². The average molecular weight is 448 g/mol. The molecule has 0 spiro atoms. The van der Waals surface area contributed by atoms with Crippen LogP contribution in [0.15, 0.2) is 42.5 Å². The molecule has 1 heterocycles. The molecule has 160 valence electrons. The summed E-state index contributed by atoms with van der Waals surface area (Å²) in [4.78, 5) is 15.0. The highest BCUT2D eigenvalue weighted by Gasteiger charge is 2.37. The van der Waals surface area contributed by atoms with Gasteiger partial charge in [-0.2, -0.15) is 0 Å². The van der Waals surface area contributed by atoms with Crippen LogP contribution in [0, 0.1) is 5.92 Å². The van der Waals surface area contributed by atoms with Crippen molar-refractivity contribution < 1.29 is 14.6 Å². The van der Waals surface area contributed by atoms with E-state index < -0.39 is 0 Å². The molecule has 1 saturated heterocycles. The number of halogens is 2. The highest BCUT2D eigenvalue weighted by Crippen LogP contribution is 2.36. The van der Waals surface area contributed by atoms with Crippen LogP contribution < -0.4 is 4.74 Å². The van der Waals surface area contributed by atoms with E-state index in [4.69, 9.17) is 27.9 Å². The zero-order valence-electron chi connectivity index (χ0n) is 16.9. The highest BCUT2D eigenvalue weighted by atomic mass is 35.5. The molecule has 0 bridgehead atoms. The number of rotatable bonds is 6. The number of amides is 1. The summed E-state index contributed by atoms with van der Waals surface area (Å²) in [6.45, 7) is 1.22. The van der Waals surface area contributed by atoms with Crippen molar-refractivity contribution in [3.8, 4) is 5.75 Å². The zero-order valence-corrected chi connectivity index (χ0v) is 18.4. The van der Waals surface area contributed by atoms with Gasteiger partial charge in [0.05, 0.1) is 6.10 Å². The lowest BCUT2D eigenvalue weighted by Crippen LogP contribution is -2.41. The summed E-state index contributed by atoms with van der Waals surface area (Å²) in [5.41, 5.74) is 1.88. The molecule has 1 N–H and O–H groups in total. The molecule has 2 fully saturated rings. The SMILES string of the molecule is O=C1C(Cc2c(Cl)cc(OCc3ccccc3)cc2Cl)CCN1C1CCC(O)CC1. The van der Waals surface area contributed by atoms with Crippen LogP contribution in [0.2, 0.25) is 10.0 Å². The van der Waals surface area contributed by atoms with E-state index in [1.54, 1.807) is 12.1 Å². The van der Waals surface area contributed by atoms with E-state index in [9.17, 15) is 9.90 Å². The van der Waals surface area contributed by atoms with Crippen LogP contribution in [0.1, 0.15) is 43.2 Å². The Morgan fingerprint density at radius 3 is 2.33 bits per heavy atom. The number of aliphatic hydroxyl groups excluding tert-OH is 1. The normalized spacial score (nSPS) is 24.3. The van der Waals surface area contributed by atoms with Crippen LogP contribution in [0.25, 0.3) is 0 Å². The lowest BCUT2D eigenvalue weighted by atomic mass is 9.92. The minimum Gasteiger partial charge on any atom is -0.489 e. The van der Waals surface area contributed by atoms with Gasteiger partial charge < -0.3 is 14.7 Å². The Bertz CT molecular complexity index is 858. The van der Waals surface area contributed by atoms with E-state index >= 15 is 0 Å². The second kappa shape index (κ2) is 9.59. The van der Waals surface area contributed by atoms with Gasteiger partial charge in [0.15, 0.2) is 0 Å². The van der Waals surface area contributed by atoms with Crippen LogP contribution >= 0.6 is 23.2 Å². The van der Waals surface area contributed by atoms with Crippen LogP contribution in [-0.2, 0) is 17.8 Å². The third kappa shape index (κ3) is 4.93. The van der Waals surface area contributed by atoms with E-state index in [2.05, 4.69) is 0 Å². The van der Waals surface area contributed by atoms with Crippen molar-refractivity contribution in [1.82, 2.24) is 4.90 Å². The summed E-state index contributed by atoms with van der Waals surface area (Å²) in [6.07, 6.45) is 4.47. The monoisotopic (exact) mass is 447 g/mol. The van der Waals surface area contributed by atoms with E-state index in [0.29, 0.717) is 28.8 Å². The molecule has 2 aromatic rings. The van der Waals surface area contributed by atoms with E-state index in [-0.39, 0.29) is 24.0 Å². The lowest BCUT2D eigenvalue weighted by Gasteiger charge is -2.33. The molecule has 0 aromatic heterocycles. The summed E-state index contributed by atoms with van der Waals surface area (Å²) < 4.78 is 5.84. The number of nitrogens with zero attached hydrogens (tertiary/aromatic N) is 1. The van der Waals surface area contributed by atoms with Gasteiger partial charge in [0.25, 0.3) is 0 Å². The van der Waals surface area contributed by atoms with Crippen molar-refractivity contribution in [3.05, 3.63) is 63.6 Å². The first-order valence-corrected chi connectivity index (χ1v) is 11.4. The number of hydrogen-bond donors (Lipinski definition) is 1. The van der Waals surface area contributed by atoms with Crippen molar-refractivity contribution in [1.29, 1.82) is 0 Å². The topological polar surface area (TPSA) is 49.8 Å². The highest BCUT2D eigenvalue weighted by molar-refractivity contribution is 6.36. The molecule has 2 aliphatic rings. The Kier molecular flexibility index (Phi) is 6.87. The van der Waals surface area contributed by atoms with Gasteiger partial charge in [-0.1, -0.05) is 53.5 Å². The van der Waals surface area contributed by atoms with E-state index in [1.807, 2.05) is 35.2 Å². The first-order valence-electron chi connectivity index (χ1n) is 10.6. The summed E-state index contributed by atoms with van der Waals surface area (Å²) in [5.74, 6) is 0.716. The second-order valence-electron chi connectivity index (χ2n) is 8.32.